The summed E-state index contributed by atoms with van der Waals surface area (Å²) in [6.07, 6.45) is 5.23. The third-order valence-corrected chi connectivity index (χ3v) is 6.06. The molecule has 0 bridgehead atoms. The highest BCUT2D eigenvalue weighted by Crippen LogP contribution is 2.22. The van der Waals surface area contributed by atoms with Crippen LogP contribution < -0.4 is 10.6 Å². The number of carbonyl (C=O) groups excluding carboxylic acids is 1. The van der Waals surface area contributed by atoms with Crippen molar-refractivity contribution in [3.8, 4) is 0 Å². The van der Waals surface area contributed by atoms with Gasteiger partial charge < -0.3 is 15.5 Å². The van der Waals surface area contributed by atoms with Crippen LogP contribution in [-0.2, 0) is 30.7 Å². The van der Waals surface area contributed by atoms with Gasteiger partial charge in [0.25, 0.3) is 0 Å². The molecule has 0 saturated carbocycles. The SMILES string of the molecule is CCc1cnc(CCNC(=NC)NCCCC(=O)N2Cc3ccccc3C2)s1.I. The number of carbonyl (C=O) groups is 1. The van der Waals surface area contributed by atoms with Crippen molar-refractivity contribution in [1.82, 2.24) is 20.5 Å². The average molecular weight is 527 g/mol. The normalized spacial score (nSPS) is 13.0. The van der Waals surface area contributed by atoms with Gasteiger partial charge in [0.05, 0.1) is 5.01 Å². The number of hydrogen-bond donors (Lipinski definition) is 2. The number of nitrogens with one attached hydrogen (secondary N) is 2. The summed E-state index contributed by atoms with van der Waals surface area (Å²) in [5.74, 6) is 0.991. The third kappa shape index (κ3) is 6.95. The van der Waals surface area contributed by atoms with Crippen molar-refractivity contribution >= 4 is 47.2 Å². The summed E-state index contributed by atoms with van der Waals surface area (Å²) in [5, 5.41) is 7.75. The third-order valence-electron chi connectivity index (χ3n) is 4.86. The molecule has 29 heavy (non-hydrogen) atoms. The minimum absolute atomic E-state index is 0. The van der Waals surface area contributed by atoms with E-state index in [1.807, 2.05) is 23.2 Å². The van der Waals surface area contributed by atoms with Crippen molar-refractivity contribution in [2.75, 3.05) is 20.1 Å². The number of amides is 1. The lowest BCUT2D eigenvalue weighted by Gasteiger charge is -2.16. The second-order valence-corrected chi connectivity index (χ2v) is 8.07. The fraction of sp³-hybridized carbons (Fsp3) is 0.476. The number of fused-ring (bicyclic) bond motifs is 1. The van der Waals surface area contributed by atoms with E-state index in [0.717, 1.165) is 56.4 Å². The number of hydrogen-bond acceptors (Lipinski definition) is 4. The number of benzene rings is 1. The molecule has 2 N–H and O–H groups in total. The van der Waals surface area contributed by atoms with Crippen LogP contribution in [0.1, 0.15) is 40.8 Å². The molecule has 1 aromatic carbocycles. The number of rotatable bonds is 8. The van der Waals surface area contributed by atoms with Crippen LogP contribution in [0.2, 0.25) is 0 Å². The quantitative estimate of drug-likeness (QED) is 0.239. The van der Waals surface area contributed by atoms with Gasteiger partial charge in [-0.1, -0.05) is 31.2 Å². The Bertz CT molecular complexity index is 798. The van der Waals surface area contributed by atoms with Crippen LogP contribution in [0, 0.1) is 0 Å². The molecule has 3 rings (SSSR count). The molecule has 0 spiro atoms. The molecule has 6 nitrogen and oxygen atoms in total. The maximum atomic E-state index is 12.4. The van der Waals surface area contributed by atoms with Crippen LogP contribution >= 0.6 is 35.3 Å². The Balaban J connectivity index is 0.00000300. The Morgan fingerprint density at radius 2 is 1.90 bits per heavy atom. The highest BCUT2D eigenvalue weighted by atomic mass is 127. The predicted molar refractivity (Wildman–Crippen MR) is 130 cm³/mol. The average Bonchev–Trinajstić information content (AvgIpc) is 3.36. The van der Waals surface area contributed by atoms with Gasteiger partial charge in [0.1, 0.15) is 0 Å². The molecule has 0 atom stereocenters. The van der Waals surface area contributed by atoms with Crippen molar-refractivity contribution in [3.63, 3.8) is 0 Å². The van der Waals surface area contributed by atoms with E-state index in [2.05, 4.69) is 39.7 Å². The molecule has 158 valence electrons. The molecule has 1 aromatic heterocycles. The first-order chi connectivity index (χ1) is 13.7. The maximum absolute atomic E-state index is 12.4. The molecule has 0 aliphatic carbocycles. The topological polar surface area (TPSA) is 69.6 Å². The number of thiazole rings is 1. The van der Waals surface area contributed by atoms with E-state index in [0.29, 0.717) is 6.42 Å². The van der Waals surface area contributed by atoms with Crippen LogP contribution in [0.3, 0.4) is 0 Å². The fourth-order valence-corrected chi connectivity index (χ4v) is 4.11. The van der Waals surface area contributed by atoms with Gasteiger partial charge in [0.2, 0.25) is 5.91 Å². The summed E-state index contributed by atoms with van der Waals surface area (Å²) in [6.45, 7) is 5.14. The van der Waals surface area contributed by atoms with Gasteiger partial charge in [-0.3, -0.25) is 9.79 Å². The van der Waals surface area contributed by atoms with Crippen molar-refractivity contribution in [1.29, 1.82) is 0 Å². The molecule has 0 saturated heterocycles. The first-order valence-electron chi connectivity index (χ1n) is 9.92. The Morgan fingerprint density at radius 3 is 2.52 bits per heavy atom. The van der Waals surface area contributed by atoms with E-state index in [4.69, 9.17) is 0 Å². The zero-order valence-corrected chi connectivity index (χ0v) is 20.3. The molecule has 1 amide bonds. The summed E-state index contributed by atoms with van der Waals surface area (Å²) in [6, 6.07) is 8.28. The van der Waals surface area contributed by atoms with Crippen LogP contribution in [0.4, 0.5) is 0 Å². The van der Waals surface area contributed by atoms with Gasteiger partial charge in [0, 0.05) is 57.1 Å². The predicted octanol–water partition coefficient (Wildman–Crippen LogP) is 3.35. The summed E-state index contributed by atoms with van der Waals surface area (Å²) in [4.78, 5) is 24.4. The van der Waals surface area contributed by atoms with Gasteiger partial charge in [-0.15, -0.1) is 35.3 Å². The summed E-state index contributed by atoms with van der Waals surface area (Å²) in [7, 11) is 1.76. The minimum Gasteiger partial charge on any atom is -0.356 e. The van der Waals surface area contributed by atoms with E-state index in [1.165, 1.54) is 16.0 Å². The molecule has 1 aliphatic heterocycles. The van der Waals surface area contributed by atoms with E-state index in [9.17, 15) is 4.79 Å². The monoisotopic (exact) mass is 527 g/mol. The second kappa shape index (κ2) is 12.1. The Hall–Kier alpha value is -1.68. The van der Waals surface area contributed by atoms with Gasteiger partial charge in [0.15, 0.2) is 5.96 Å². The second-order valence-electron chi connectivity index (χ2n) is 6.87. The molecule has 0 unspecified atom stereocenters. The Kier molecular flexibility index (Phi) is 9.86. The van der Waals surface area contributed by atoms with E-state index in [1.54, 1.807) is 18.4 Å². The molecule has 0 radical (unpaired) electrons. The molecule has 2 aromatic rings. The summed E-state index contributed by atoms with van der Waals surface area (Å²) in [5.41, 5.74) is 2.54. The Morgan fingerprint density at radius 1 is 1.21 bits per heavy atom. The van der Waals surface area contributed by atoms with Crippen LogP contribution in [-0.4, -0.2) is 41.9 Å². The lowest BCUT2D eigenvalue weighted by Crippen LogP contribution is -2.39. The minimum atomic E-state index is 0. The number of aryl methyl sites for hydroxylation is 1. The van der Waals surface area contributed by atoms with Crippen molar-refractivity contribution in [3.05, 3.63) is 51.5 Å². The lowest BCUT2D eigenvalue weighted by atomic mass is 10.1. The van der Waals surface area contributed by atoms with Gasteiger partial charge in [-0.05, 0) is 24.0 Å². The largest absolute Gasteiger partial charge is 0.356 e. The van der Waals surface area contributed by atoms with E-state index < -0.39 is 0 Å². The number of halogens is 1. The Labute approximate surface area is 194 Å². The highest BCUT2D eigenvalue weighted by molar-refractivity contribution is 14.0. The number of guanidine groups is 1. The van der Waals surface area contributed by atoms with Crippen LogP contribution in [0.5, 0.6) is 0 Å². The van der Waals surface area contributed by atoms with E-state index in [-0.39, 0.29) is 29.9 Å². The highest BCUT2D eigenvalue weighted by Gasteiger charge is 2.22. The summed E-state index contributed by atoms with van der Waals surface area (Å²) < 4.78 is 0. The first-order valence-corrected chi connectivity index (χ1v) is 10.7. The lowest BCUT2D eigenvalue weighted by molar-refractivity contribution is -0.131. The molecule has 8 heteroatoms. The molecule has 0 fully saturated rings. The number of aliphatic imine (C=N–C) groups is 1. The zero-order chi connectivity index (χ0) is 19.8. The molecular weight excluding hydrogens is 497 g/mol. The van der Waals surface area contributed by atoms with Crippen molar-refractivity contribution < 1.29 is 4.79 Å². The molecule has 1 aliphatic rings. The maximum Gasteiger partial charge on any atom is 0.223 e. The van der Waals surface area contributed by atoms with Crippen molar-refractivity contribution in [2.24, 2.45) is 4.99 Å². The van der Waals surface area contributed by atoms with Gasteiger partial charge in [-0.2, -0.15) is 0 Å². The van der Waals surface area contributed by atoms with Crippen molar-refractivity contribution in [2.45, 2.75) is 45.7 Å². The van der Waals surface area contributed by atoms with E-state index >= 15 is 0 Å². The molecule has 2 heterocycles. The number of aromatic nitrogens is 1. The zero-order valence-electron chi connectivity index (χ0n) is 17.1. The van der Waals surface area contributed by atoms with Crippen LogP contribution in [0.25, 0.3) is 0 Å². The number of nitrogens with zero attached hydrogens (tertiary/aromatic N) is 3. The fourth-order valence-electron chi connectivity index (χ4n) is 3.25. The smallest absolute Gasteiger partial charge is 0.223 e. The molecular formula is C21H30IN5OS. The van der Waals surface area contributed by atoms with Crippen LogP contribution in [0.15, 0.2) is 35.5 Å². The standard InChI is InChI=1S/C21H29N5OS.HI/c1-3-18-13-25-19(28-18)10-12-24-21(22-2)23-11-6-9-20(27)26-14-16-7-4-5-8-17(16)15-26;/h4-5,7-8,13H,3,6,9-12,14-15H2,1-2H3,(H2,22,23,24);1H. The van der Waals surface area contributed by atoms with Gasteiger partial charge >= 0.3 is 0 Å². The summed E-state index contributed by atoms with van der Waals surface area (Å²) >= 11 is 1.77. The van der Waals surface area contributed by atoms with Gasteiger partial charge in [-0.25, -0.2) is 4.98 Å². The first kappa shape index (κ1) is 23.6.